The van der Waals surface area contributed by atoms with Gasteiger partial charge in [-0.15, -0.1) is 0 Å². The van der Waals surface area contributed by atoms with Gasteiger partial charge in [-0.2, -0.15) is 0 Å². The van der Waals surface area contributed by atoms with Gasteiger partial charge in [0.2, 0.25) is 5.91 Å². The summed E-state index contributed by atoms with van der Waals surface area (Å²) in [6.07, 6.45) is 4.81. The van der Waals surface area contributed by atoms with Crippen LogP contribution in [0.4, 0.5) is 0 Å². The van der Waals surface area contributed by atoms with Crippen LogP contribution >= 0.6 is 0 Å². The van der Waals surface area contributed by atoms with Crippen molar-refractivity contribution in [1.29, 1.82) is 0 Å². The van der Waals surface area contributed by atoms with Crippen molar-refractivity contribution in [3.05, 3.63) is 30.1 Å². The van der Waals surface area contributed by atoms with Gasteiger partial charge in [-0.05, 0) is 24.0 Å². The molecule has 2 atom stereocenters. The average molecular weight is 259 g/mol. The molecule has 3 rings (SSSR count). The van der Waals surface area contributed by atoms with Gasteiger partial charge in [-0.3, -0.25) is 14.7 Å². The molecule has 19 heavy (non-hydrogen) atoms. The van der Waals surface area contributed by atoms with E-state index < -0.39 is 0 Å². The van der Waals surface area contributed by atoms with Crippen LogP contribution < -0.4 is 0 Å². The van der Waals surface area contributed by atoms with E-state index in [9.17, 15) is 4.79 Å². The first-order chi connectivity index (χ1) is 9.24. The first kappa shape index (κ1) is 12.6. The predicted molar refractivity (Wildman–Crippen MR) is 73.4 cm³/mol. The van der Waals surface area contributed by atoms with Gasteiger partial charge in [0.1, 0.15) is 0 Å². The van der Waals surface area contributed by atoms with E-state index in [1.807, 2.05) is 17.2 Å². The molecule has 1 aliphatic carbocycles. The van der Waals surface area contributed by atoms with Crippen molar-refractivity contribution in [3.63, 3.8) is 0 Å². The molecule has 0 N–H and O–H groups in total. The summed E-state index contributed by atoms with van der Waals surface area (Å²) in [5.74, 6) is 1.32. The number of hydrogen-bond donors (Lipinski definition) is 0. The number of pyridine rings is 1. The van der Waals surface area contributed by atoms with Crippen molar-refractivity contribution in [2.24, 2.45) is 11.8 Å². The van der Waals surface area contributed by atoms with Crippen molar-refractivity contribution in [2.45, 2.75) is 19.9 Å². The topological polar surface area (TPSA) is 36.4 Å². The van der Waals surface area contributed by atoms with E-state index >= 15 is 0 Å². The van der Waals surface area contributed by atoms with Gasteiger partial charge in [0.25, 0.3) is 0 Å². The molecular formula is C15H21N3O. The SMILES string of the molecule is CC1CC1C(=O)N1CCN(Cc2cccnc2)CC1. The highest BCUT2D eigenvalue weighted by atomic mass is 16.2. The maximum Gasteiger partial charge on any atom is 0.226 e. The zero-order valence-electron chi connectivity index (χ0n) is 11.5. The predicted octanol–water partition coefficient (Wildman–Crippen LogP) is 1.38. The Morgan fingerprint density at radius 1 is 1.37 bits per heavy atom. The van der Waals surface area contributed by atoms with E-state index in [0.29, 0.717) is 17.7 Å². The number of amides is 1. The number of aromatic nitrogens is 1. The minimum absolute atomic E-state index is 0.324. The molecule has 1 saturated heterocycles. The molecule has 4 heteroatoms. The fourth-order valence-electron chi connectivity index (χ4n) is 2.78. The third-order valence-electron chi connectivity index (χ3n) is 4.24. The van der Waals surface area contributed by atoms with E-state index in [0.717, 1.165) is 39.1 Å². The fourth-order valence-corrected chi connectivity index (χ4v) is 2.78. The Balaban J connectivity index is 1.48. The summed E-state index contributed by atoms with van der Waals surface area (Å²) in [7, 11) is 0. The van der Waals surface area contributed by atoms with Gasteiger partial charge in [0.15, 0.2) is 0 Å². The Labute approximate surface area is 114 Å². The van der Waals surface area contributed by atoms with Crippen LogP contribution in [0.5, 0.6) is 0 Å². The number of piperazine rings is 1. The molecule has 0 radical (unpaired) electrons. The molecule has 0 bridgehead atoms. The Morgan fingerprint density at radius 2 is 2.11 bits per heavy atom. The quantitative estimate of drug-likeness (QED) is 0.823. The molecule has 1 aromatic heterocycles. The van der Waals surface area contributed by atoms with E-state index in [1.54, 1.807) is 6.20 Å². The maximum absolute atomic E-state index is 12.1. The van der Waals surface area contributed by atoms with Crippen molar-refractivity contribution in [2.75, 3.05) is 26.2 Å². The zero-order chi connectivity index (χ0) is 13.2. The number of hydrogen-bond acceptors (Lipinski definition) is 3. The molecule has 2 fully saturated rings. The first-order valence-corrected chi connectivity index (χ1v) is 7.14. The lowest BCUT2D eigenvalue weighted by Crippen LogP contribution is -2.48. The number of carbonyl (C=O) groups excluding carboxylic acids is 1. The average Bonchev–Trinajstić information content (AvgIpc) is 3.17. The Hall–Kier alpha value is -1.42. The molecule has 102 valence electrons. The second-order valence-electron chi connectivity index (χ2n) is 5.78. The van der Waals surface area contributed by atoms with Crippen molar-refractivity contribution < 1.29 is 4.79 Å². The highest BCUT2D eigenvalue weighted by molar-refractivity contribution is 5.81. The van der Waals surface area contributed by atoms with Crippen LogP contribution in [-0.4, -0.2) is 46.9 Å². The van der Waals surface area contributed by atoms with Crippen LogP contribution in [0.3, 0.4) is 0 Å². The van der Waals surface area contributed by atoms with Gasteiger partial charge >= 0.3 is 0 Å². The van der Waals surface area contributed by atoms with Gasteiger partial charge < -0.3 is 4.90 Å². The Morgan fingerprint density at radius 3 is 2.68 bits per heavy atom. The van der Waals surface area contributed by atoms with Gasteiger partial charge in [0.05, 0.1) is 0 Å². The molecule has 0 aromatic carbocycles. The highest BCUT2D eigenvalue weighted by Crippen LogP contribution is 2.39. The van der Waals surface area contributed by atoms with Gasteiger partial charge in [-0.1, -0.05) is 13.0 Å². The second kappa shape index (κ2) is 5.29. The minimum atomic E-state index is 0.324. The normalized spacial score (nSPS) is 27.3. The molecule has 1 saturated carbocycles. The Bertz CT molecular complexity index is 440. The molecule has 4 nitrogen and oxygen atoms in total. The molecule has 1 aliphatic heterocycles. The van der Waals surface area contributed by atoms with Gasteiger partial charge in [-0.25, -0.2) is 0 Å². The minimum Gasteiger partial charge on any atom is -0.340 e. The summed E-state index contributed by atoms with van der Waals surface area (Å²) < 4.78 is 0. The maximum atomic E-state index is 12.1. The lowest BCUT2D eigenvalue weighted by atomic mass is 10.2. The summed E-state index contributed by atoms with van der Waals surface area (Å²) in [5.41, 5.74) is 1.25. The monoisotopic (exact) mass is 259 g/mol. The summed E-state index contributed by atoms with van der Waals surface area (Å²) in [4.78, 5) is 20.7. The van der Waals surface area contributed by atoms with Crippen LogP contribution in [0.15, 0.2) is 24.5 Å². The van der Waals surface area contributed by atoms with E-state index in [-0.39, 0.29) is 0 Å². The van der Waals surface area contributed by atoms with E-state index in [2.05, 4.69) is 22.9 Å². The summed E-state index contributed by atoms with van der Waals surface area (Å²) in [6.45, 7) is 6.81. The third-order valence-corrected chi connectivity index (χ3v) is 4.24. The molecule has 2 unspecified atom stereocenters. The third kappa shape index (κ3) is 2.95. The first-order valence-electron chi connectivity index (χ1n) is 7.14. The lowest BCUT2D eigenvalue weighted by molar-refractivity contribution is -0.134. The summed E-state index contributed by atoms with van der Waals surface area (Å²) in [5, 5.41) is 0. The molecular weight excluding hydrogens is 238 g/mol. The van der Waals surface area contributed by atoms with Crippen LogP contribution in [0.25, 0.3) is 0 Å². The van der Waals surface area contributed by atoms with Crippen LogP contribution in [0, 0.1) is 11.8 Å². The smallest absolute Gasteiger partial charge is 0.226 e. The van der Waals surface area contributed by atoms with Crippen LogP contribution in [0.1, 0.15) is 18.9 Å². The standard InChI is InChI=1S/C15H21N3O/c1-12-9-14(12)15(19)18-7-5-17(6-8-18)11-13-3-2-4-16-10-13/h2-4,10,12,14H,5-9,11H2,1H3. The van der Waals surface area contributed by atoms with Crippen molar-refractivity contribution >= 4 is 5.91 Å². The summed E-state index contributed by atoms with van der Waals surface area (Å²) >= 11 is 0. The van der Waals surface area contributed by atoms with E-state index in [1.165, 1.54) is 5.56 Å². The van der Waals surface area contributed by atoms with Crippen molar-refractivity contribution in [1.82, 2.24) is 14.8 Å². The molecule has 2 heterocycles. The number of carbonyl (C=O) groups is 1. The number of nitrogens with zero attached hydrogens (tertiary/aromatic N) is 3. The van der Waals surface area contributed by atoms with Gasteiger partial charge in [0, 0.05) is 51.0 Å². The molecule has 2 aliphatic rings. The zero-order valence-corrected chi connectivity index (χ0v) is 11.5. The fraction of sp³-hybridized carbons (Fsp3) is 0.600. The van der Waals surface area contributed by atoms with Crippen molar-refractivity contribution in [3.8, 4) is 0 Å². The Kier molecular flexibility index (Phi) is 3.51. The molecule has 1 aromatic rings. The second-order valence-corrected chi connectivity index (χ2v) is 5.78. The van der Waals surface area contributed by atoms with Crippen LogP contribution in [0.2, 0.25) is 0 Å². The molecule has 0 spiro atoms. The largest absolute Gasteiger partial charge is 0.340 e. The summed E-state index contributed by atoms with van der Waals surface area (Å²) in [6, 6.07) is 4.08. The van der Waals surface area contributed by atoms with Crippen LogP contribution in [-0.2, 0) is 11.3 Å². The van der Waals surface area contributed by atoms with E-state index in [4.69, 9.17) is 0 Å². The number of rotatable bonds is 3. The highest BCUT2D eigenvalue weighted by Gasteiger charge is 2.41. The lowest BCUT2D eigenvalue weighted by Gasteiger charge is -2.34. The molecule has 1 amide bonds.